The molecule has 0 saturated carbocycles. The van der Waals surface area contributed by atoms with E-state index in [0.717, 1.165) is 12.3 Å². The third-order valence-corrected chi connectivity index (χ3v) is 5.10. The summed E-state index contributed by atoms with van der Waals surface area (Å²) < 4.78 is 5.50. The fourth-order valence-corrected chi connectivity index (χ4v) is 3.87. The van der Waals surface area contributed by atoms with E-state index in [9.17, 15) is 0 Å². The molecule has 3 aromatic carbocycles. The van der Waals surface area contributed by atoms with Crippen molar-refractivity contribution < 1.29 is 4.74 Å². The van der Waals surface area contributed by atoms with Gasteiger partial charge in [0.1, 0.15) is 5.75 Å². The van der Waals surface area contributed by atoms with Gasteiger partial charge in [0.05, 0.1) is 7.11 Å². The highest BCUT2D eigenvalue weighted by Crippen LogP contribution is 2.31. The molecule has 1 aliphatic carbocycles. The molecule has 0 fully saturated rings. The average molecular weight is 317 g/mol. The first-order chi connectivity index (χ1) is 11.9. The molecule has 4 rings (SSSR count). The summed E-state index contributed by atoms with van der Waals surface area (Å²) in [5, 5.41) is 6.24. The molecule has 0 saturated heterocycles. The van der Waals surface area contributed by atoms with E-state index in [4.69, 9.17) is 4.74 Å². The van der Waals surface area contributed by atoms with Crippen molar-refractivity contribution >= 4 is 10.8 Å². The van der Waals surface area contributed by atoms with Gasteiger partial charge in [-0.25, -0.2) is 0 Å². The summed E-state index contributed by atoms with van der Waals surface area (Å²) in [6, 6.07) is 22.1. The van der Waals surface area contributed by atoms with Crippen molar-refractivity contribution in [2.75, 3.05) is 7.11 Å². The lowest BCUT2D eigenvalue weighted by Crippen LogP contribution is -2.24. The number of rotatable bonds is 4. The van der Waals surface area contributed by atoms with Crippen LogP contribution in [0.2, 0.25) is 0 Å². The van der Waals surface area contributed by atoms with E-state index < -0.39 is 0 Å². The largest absolute Gasteiger partial charge is 0.496 e. The zero-order chi connectivity index (χ0) is 16.4. The van der Waals surface area contributed by atoms with Crippen molar-refractivity contribution in [3.63, 3.8) is 0 Å². The first-order valence-corrected chi connectivity index (χ1v) is 8.72. The van der Waals surface area contributed by atoms with Crippen LogP contribution in [0.25, 0.3) is 10.8 Å². The van der Waals surface area contributed by atoms with Crippen molar-refractivity contribution in [3.05, 3.63) is 77.4 Å². The molecule has 0 heterocycles. The van der Waals surface area contributed by atoms with Gasteiger partial charge < -0.3 is 10.1 Å². The second kappa shape index (κ2) is 6.66. The number of hydrogen-bond donors (Lipinski definition) is 1. The molecule has 1 N–H and O–H groups in total. The molecular weight excluding hydrogens is 294 g/mol. The molecule has 0 spiro atoms. The molecule has 2 nitrogen and oxygen atoms in total. The van der Waals surface area contributed by atoms with E-state index in [0.29, 0.717) is 6.04 Å². The highest BCUT2D eigenvalue weighted by Gasteiger charge is 2.19. The molecule has 122 valence electrons. The van der Waals surface area contributed by atoms with Crippen molar-refractivity contribution in [2.45, 2.75) is 31.8 Å². The number of benzene rings is 3. The molecule has 0 aliphatic heterocycles. The highest BCUT2D eigenvalue weighted by atomic mass is 16.5. The third-order valence-electron chi connectivity index (χ3n) is 5.10. The molecular formula is C22H23NO. The number of ether oxygens (including phenoxy) is 1. The Balaban J connectivity index is 1.60. The Morgan fingerprint density at radius 3 is 2.62 bits per heavy atom. The smallest absolute Gasteiger partial charge is 0.126 e. The SMILES string of the molecule is COc1ccc(CN[C@H]2CCCc3ccccc32)c2ccccc12. The summed E-state index contributed by atoms with van der Waals surface area (Å²) in [4.78, 5) is 0. The maximum atomic E-state index is 5.50. The Bertz CT molecular complexity index is 855. The van der Waals surface area contributed by atoms with Gasteiger partial charge in [-0.05, 0) is 47.4 Å². The number of fused-ring (bicyclic) bond motifs is 2. The molecule has 24 heavy (non-hydrogen) atoms. The van der Waals surface area contributed by atoms with Crippen LogP contribution < -0.4 is 10.1 Å². The van der Waals surface area contributed by atoms with Crippen LogP contribution in [0.3, 0.4) is 0 Å². The molecule has 0 unspecified atom stereocenters. The van der Waals surface area contributed by atoms with E-state index >= 15 is 0 Å². The van der Waals surface area contributed by atoms with Crippen molar-refractivity contribution in [3.8, 4) is 5.75 Å². The molecule has 0 bridgehead atoms. The number of aryl methyl sites for hydroxylation is 1. The Labute approximate surface area is 143 Å². The van der Waals surface area contributed by atoms with E-state index in [2.05, 4.69) is 66.0 Å². The predicted octanol–water partition coefficient (Wildman–Crippen LogP) is 5.02. The zero-order valence-electron chi connectivity index (χ0n) is 14.1. The maximum Gasteiger partial charge on any atom is 0.126 e. The first-order valence-electron chi connectivity index (χ1n) is 8.72. The van der Waals surface area contributed by atoms with Crippen molar-refractivity contribution in [2.24, 2.45) is 0 Å². The van der Waals surface area contributed by atoms with Gasteiger partial charge in [0, 0.05) is 18.0 Å². The van der Waals surface area contributed by atoms with Crippen LogP contribution in [-0.4, -0.2) is 7.11 Å². The van der Waals surface area contributed by atoms with Crippen LogP contribution in [0, 0.1) is 0 Å². The van der Waals surface area contributed by atoms with E-state index in [-0.39, 0.29) is 0 Å². The summed E-state index contributed by atoms with van der Waals surface area (Å²) in [7, 11) is 1.73. The lowest BCUT2D eigenvalue weighted by Gasteiger charge is -2.26. The fraction of sp³-hybridized carbons (Fsp3) is 0.273. The van der Waals surface area contributed by atoms with Crippen LogP contribution >= 0.6 is 0 Å². The molecule has 2 heteroatoms. The van der Waals surface area contributed by atoms with E-state index in [1.54, 1.807) is 7.11 Å². The quantitative estimate of drug-likeness (QED) is 0.730. The molecule has 1 aliphatic rings. The lowest BCUT2D eigenvalue weighted by atomic mass is 9.87. The molecule has 0 amide bonds. The zero-order valence-corrected chi connectivity index (χ0v) is 14.1. The van der Waals surface area contributed by atoms with Gasteiger partial charge in [-0.2, -0.15) is 0 Å². The van der Waals surface area contributed by atoms with Crippen molar-refractivity contribution in [1.29, 1.82) is 0 Å². The minimum atomic E-state index is 0.454. The van der Waals surface area contributed by atoms with Crippen LogP contribution in [0.15, 0.2) is 60.7 Å². The molecule has 0 aromatic heterocycles. The van der Waals surface area contributed by atoms with Gasteiger partial charge >= 0.3 is 0 Å². The highest BCUT2D eigenvalue weighted by molar-refractivity contribution is 5.91. The Hall–Kier alpha value is -2.32. The summed E-state index contributed by atoms with van der Waals surface area (Å²) in [6.07, 6.45) is 3.68. The number of nitrogens with one attached hydrogen (secondary N) is 1. The van der Waals surface area contributed by atoms with Crippen LogP contribution in [-0.2, 0) is 13.0 Å². The van der Waals surface area contributed by atoms with E-state index in [1.165, 1.54) is 46.7 Å². The van der Waals surface area contributed by atoms with Gasteiger partial charge in [-0.3, -0.25) is 0 Å². The minimum Gasteiger partial charge on any atom is -0.496 e. The average Bonchev–Trinajstić information content (AvgIpc) is 2.66. The summed E-state index contributed by atoms with van der Waals surface area (Å²) in [5.41, 5.74) is 4.30. The predicted molar refractivity (Wildman–Crippen MR) is 99.5 cm³/mol. The molecule has 0 radical (unpaired) electrons. The molecule has 3 aromatic rings. The Morgan fingerprint density at radius 2 is 1.75 bits per heavy atom. The van der Waals surface area contributed by atoms with Gasteiger partial charge in [0.25, 0.3) is 0 Å². The van der Waals surface area contributed by atoms with Crippen LogP contribution in [0.5, 0.6) is 5.75 Å². The van der Waals surface area contributed by atoms with Gasteiger partial charge in [0.15, 0.2) is 0 Å². The summed E-state index contributed by atoms with van der Waals surface area (Å²) in [6.45, 7) is 0.878. The second-order valence-corrected chi connectivity index (χ2v) is 6.50. The van der Waals surface area contributed by atoms with E-state index in [1.807, 2.05) is 0 Å². The third kappa shape index (κ3) is 2.78. The van der Waals surface area contributed by atoms with Crippen molar-refractivity contribution in [1.82, 2.24) is 5.32 Å². The fourth-order valence-electron chi connectivity index (χ4n) is 3.87. The first kappa shape index (κ1) is 15.2. The molecule has 1 atom stereocenters. The number of hydrogen-bond acceptors (Lipinski definition) is 2. The monoisotopic (exact) mass is 317 g/mol. The topological polar surface area (TPSA) is 21.3 Å². The van der Waals surface area contributed by atoms with Crippen LogP contribution in [0.1, 0.15) is 35.6 Å². The number of methoxy groups -OCH3 is 1. The maximum absolute atomic E-state index is 5.50. The Kier molecular flexibility index (Phi) is 4.22. The Morgan fingerprint density at radius 1 is 0.958 bits per heavy atom. The van der Waals surface area contributed by atoms with Gasteiger partial charge in [-0.1, -0.05) is 54.6 Å². The lowest BCUT2D eigenvalue weighted by molar-refractivity contribution is 0.419. The minimum absolute atomic E-state index is 0.454. The van der Waals surface area contributed by atoms with Gasteiger partial charge in [0.2, 0.25) is 0 Å². The summed E-state index contributed by atoms with van der Waals surface area (Å²) in [5.74, 6) is 0.942. The normalized spacial score (nSPS) is 16.8. The van der Waals surface area contributed by atoms with Gasteiger partial charge in [-0.15, -0.1) is 0 Å². The van der Waals surface area contributed by atoms with Crippen LogP contribution in [0.4, 0.5) is 0 Å². The summed E-state index contributed by atoms with van der Waals surface area (Å²) >= 11 is 0. The second-order valence-electron chi connectivity index (χ2n) is 6.50. The standard InChI is InChI=1S/C22H23NO/c1-24-22-14-13-17(18-9-4-5-11-20(18)22)15-23-21-12-6-8-16-7-2-3-10-19(16)21/h2-5,7,9-11,13-14,21,23H,6,8,12,15H2,1H3/t21-/m0/s1.